The molecule has 1 amide bonds. The molecule has 0 spiro atoms. The van der Waals surface area contributed by atoms with Gasteiger partial charge >= 0.3 is 0 Å². The molecule has 0 radical (unpaired) electrons. The SMILES string of the molecule is CC(=O)c1cccc(OCC(=O)N2CCN(c3ccccc3Cl)CC2)c1. The van der Waals surface area contributed by atoms with Crippen molar-refractivity contribution in [2.24, 2.45) is 0 Å². The Morgan fingerprint density at radius 2 is 1.77 bits per heavy atom. The third-order valence-corrected chi connectivity index (χ3v) is 4.75. The summed E-state index contributed by atoms with van der Waals surface area (Å²) >= 11 is 6.24. The number of piperazine rings is 1. The third kappa shape index (κ3) is 4.35. The number of rotatable bonds is 5. The lowest BCUT2D eigenvalue weighted by molar-refractivity contribution is -0.133. The minimum atomic E-state index is -0.0583. The molecular weight excluding hydrogens is 352 g/mol. The zero-order valence-corrected chi connectivity index (χ0v) is 15.4. The molecule has 1 saturated heterocycles. The maximum absolute atomic E-state index is 12.4. The first-order valence-electron chi connectivity index (χ1n) is 8.55. The Kier molecular flexibility index (Phi) is 5.78. The second kappa shape index (κ2) is 8.23. The molecule has 26 heavy (non-hydrogen) atoms. The molecule has 5 nitrogen and oxygen atoms in total. The molecule has 1 aliphatic rings. The van der Waals surface area contributed by atoms with Gasteiger partial charge in [0.1, 0.15) is 5.75 Å². The zero-order chi connectivity index (χ0) is 18.5. The molecule has 3 rings (SSSR count). The topological polar surface area (TPSA) is 49.9 Å². The smallest absolute Gasteiger partial charge is 0.260 e. The number of halogens is 1. The van der Waals surface area contributed by atoms with Crippen LogP contribution in [0, 0.1) is 0 Å². The van der Waals surface area contributed by atoms with Crippen LogP contribution in [0.2, 0.25) is 5.02 Å². The van der Waals surface area contributed by atoms with Crippen LogP contribution in [0.3, 0.4) is 0 Å². The van der Waals surface area contributed by atoms with Crippen LogP contribution in [0.1, 0.15) is 17.3 Å². The van der Waals surface area contributed by atoms with E-state index in [-0.39, 0.29) is 18.3 Å². The second-order valence-corrected chi connectivity index (χ2v) is 6.60. The van der Waals surface area contributed by atoms with Crippen molar-refractivity contribution in [3.05, 3.63) is 59.1 Å². The molecule has 0 bridgehead atoms. The van der Waals surface area contributed by atoms with Gasteiger partial charge in [0, 0.05) is 31.7 Å². The fourth-order valence-corrected chi connectivity index (χ4v) is 3.20. The van der Waals surface area contributed by atoms with Crippen LogP contribution in [0.15, 0.2) is 48.5 Å². The first-order valence-corrected chi connectivity index (χ1v) is 8.93. The van der Waals surface area contributed by atoms with Gasteiger partial charge in [-0.15, -0.1) is 0 Å². The van der Waals surface area contributed by atoms with E-state index in [2.05, 4.69) is 4.90 Å². The number of Topliss-reactive ketones (excluding diaryl/α,β-unsaturated/α-hetero) is 1. The Hall–Kier alpha value is -2.53. The van der Waals surface area contributed by atoms with Crippen LogP contribution in [-0.4, -0.2) is 49.4 Å². The van der Waals surface area contributed by atoms with E-state index < -0.39 is 0 Å². The number of ether oxygens (including phenoxy) is 1. The van der Waals surface area contributed by atoms with Crippen LogP contribution >= 0.6 is 11.6 Å². The summed E-state index contributed by atoms with van der Waals surface area (Å²) < 4.78 is 5.56. The summed E-state index contributed by atoms with van der Waals surface area (Å²) in [5.74, 6) is 0.440. The van der Waals surface area contributed by atoms with E-state index in [1.54, 1.807) is 29.2 Å². The Bertz CT molecular complexity index is 801. The van der Waals surface area contributed by atoms with Crippen LogP contribution in [-0.2, 0) is 4.79 Å². The Morgan fingerprint density at radius 1 is 1.04 bits per heavy atom. The van der Waals surface area contributed by atoms with Crippen molar-refractivity contribution in [3.8, 4) is 5.75 Å². The minimum absolute atomic E-state index is 0.0301. The molecule has 1 aliphatic heterocycles. The quantitative estimate of drug-likeness (QED) is 0.756. The first-order chi connectivity index (χ1) is 12.5. The average Bonchev–Trinajstić information content (AvgIpc) is 2.67. The highest BCUT2D eigenvalue weighted by Gasteiger charge is 2.22. The van der Waals surface area contributed by atoms with E-state index in [0.717, 1.165) is 23.8 Å². The Balaban J connectivity index is 1.52. The molecule has 0 aliphatic carbocycles. The van der Waals surface area contributed by atoms with Crippen molar-refractivity contribution in [2.75, 3.05) is 37.7 Å². The molecule has 1 heterocycles. The number of amides is 1. The van der Waals surface area contributed by atoms with Crippen molar-refractivity contribution in [1.29, 1.82) is 0 Å². The fraction of sp³-hybridized carbons (Fsp3) is 0.300. The van der Waals surface area contributed by atoms with Gasteiger partial charge in [-0.25, -0.2) is 0 Å². The van der Waals surface area contributed by atoms with Crippen molar-refractivity contribution < 1.29 is 14.3 Å². The summed E-state index contributed by atoms with van der Waals surface area (Å²) in [5, 5.41) is 0.723. The number of nitrogens with zero attached hydrogens (tertiary/aromatic N) is 2. The van der Waals surface area contributed by atoms with Crippen molar-refractivity contribution in [1.82, 2.24) is 4.90 Å². The monoisotopic (exact) mass is 372 g/mol. The molecule has 136 valence electrons. The van der Waals surface area contributed by atoms with Crippen molar-refractivity contribution in [2.45, 2.75) is 6.92 Å². The van der Waals surface area contributed by atoms with Crippen LogP contribution in [0.4, 0.5) is 5.69 Å². The van der Waals surface area contributed by atoms with Gasteiger partial charge in [0.25, 0.3) is 5.91 Å². The molecule has 0 unspecified atom stereocenters. The number of para-hydroxylation sites is 1. The van der Waals surface area contributed by atoms with Crippen LogP contribution in [0.5, 0.6) is 5.75 Å². The van der Waals surface area contributed by atoms with Gasteiger partial charge in [0.2, 0.25) is 0 Å². The normalized spacial score (nSPS) is 14.2. The number of anilines is 1. The van der Waals surface area contributed by atoms with E-state index in [1.807, 2.05) is 24.3 Å². The Morgan fingerprint density at radius 3 is 2.46 bits per heavy atom. The summed E-state index contributed by atoms with van der Waals surface area (Å²) in [7, 11) is 0. The molecule has 1 fully saturated rings. The van der Waals surface area contributed by atoms with Gasteiger partial charge in [-0.05, 0) is 31.2 Å². The highest BCUT2D eigenvalue weighted by molar-refractivity contribution is 6.33. The molecule has 0 aromatic heterocycles. The van der Waals surface area contributed by atoms with Crippen LogP contribution in [0.25, 0.3) is 0 Å². The zero-order valence-electron chi connectivity index (χ0n) is 14.7. The van der Waals surface area contributed by atoms with Gasteiger partial charge in [0.05, 0.1) is 10.7 Å². The molecule has 2 aromatic rings. The second-order valence-electron chi connectivity index (χ2n) is 6.19. The maximum atomic E-state index is 12.4. The number of hydrogen-bond acceptors (Lipinski definition) is 4. The number of carbonyl (C=O) groups is 2. The predicted octanol–water partition coefficient (Wildman–Crippen LogP) is 3.27. The van der Waals surface area contributed by atoms with E-state index in [4.69, 9.17) is 16.3 Å². The summed E-state index contributed by atoms with van der Waals surface area (Å²) in [5.41, 5.74) is 1.57. The van der Waals surface area contributed by atoms with Crippen molar-refractivity contribution >= 4 is 29.0 Å². The molecule has 0 saturated carbocycles. The van der Waals surface area contributed by atoms with Gasteiger partial charge in [0.15, 0.2) is 12.4 Å². The van der Waals surface area contributed by atoms with E-state index >= 15 is 0 Å². The van der Waals surface area contributed by atoms with Crippen molar-refractivity contribution in [3.63, 3.8) is 0 Å². The standard InChI is InChI=1S/C20H21ClN2O3/c1-15(24)16-5-4-6-17(13-16)26-14-20(25)23-11-9-22(10-12-23)19-8-3-2-7-18(19)21/h2-8,13H,9-12,14H2,1H3. The molecule has 0 N–H and O–H groups in total. The Labute approximate surface area is 158 Å². The highest BCUT2D eigenvalue weighted by Crippen LogP contribution is 2.26. The largest absolute Gasteiger partial charge is 0.484 e. The van der Waals surface area contributed by atoms with E-state index in [0.29, 0.717) is 24.4 Å². The van der Waals surface area contributed by atoms with Gasteiger partial charge in [-0.2, -0.15) is 0 Å². The maximum Gasteiger partial charge on any atom is 0.260 e. The van der Waals surface area contributed by atoms with Gasteiger partial charge in [-0.1, -0.05) is 35.9 Å². The summed E-state index contributed by atoms with van der Waals surface area (Å²) in [6.45, 7) is 4.18. The first kappa shape index (κ1) is 18.3. The fourth-order valence-electron chi connectivity index (χ4n) is 2.95. The van der Waals surface area contributed by atoms with Gasteiger partial charge in [-0.3, -0.25) is 9.59 Å². The number of carbonyl (C=O) groups excluding carboxylic acids is 2. The molecule has 2 aromatic carbocycles. The molecule has 0 atom stereocenters. The third-order valence-electron chi connectivity index (χ3n) is 4.43. The predicted molar refractivity (Wildman–Crippen MR) is 102 cm³/mol. The lowest BCUT2D eigenvalue weighted by Gasteiger charge is -2.36. The van der Waals surface area contributed by atoms with Gasteiger partial charge < -0.3 is 14.5 Å². The van der Waals surface area contributed by atoms with E-state index in [9.17, 15) is 9.59 Å². The highest BCUT2D eigenvalue weighted by atomic mass is 35.5. The average molecular weight is 373 g/mol. The lowest BCUT2D eigenvalue weighted by atomic mass is 10.1. The molecule has 6 heteroatoms. The van der Waals surface area contributed by atoms with E-state index in [1.165, 1.54) is 6.92 Å². The van der Waals surface area contributed by atoms with Crippen LogP contribution < -0.4 is 9.64 Å². The molecular formula is C20H21ClN2O3. The minimum Gasteiger partial charge on any atom is -0.484 e. The summed E-state index contributed by atoms with van der Waals surface area (Å²) in [4.78, 5) is 27.8. The summed E-state index contributed by atoms with van der Waals surface area (Å²) in [6.07, 6.45) is 0. The lowest BCUT2D eigenvalue weighted by Crippen LogP contribution is -2.50. The number of ketones is 1. The number of benzene rings is 2. The summed E-state index contributed by atoms with van der Waals surface area (Å²) in [6, 6.07) is 14.6. The number of hydrogen-bond donors (Lipinski definition) is 0.